The van der Waals surface area contributed by atoms with E-state index in [0.717, 1.165) is 56.5 Å². The van der Waals surface area contributed by atoms with Crippen LogP contribution in [0.25, 0.3) is 22.5 Å². The third kappa shape index (κ3) is 5.93. The first kappa shape index (κ1) is 31.4. The Morgan fingerprint density at radius 2 is 1.22 bits per heavy atom. The fraction of sp³-hybridized carbons (Fsp3) is 0.146. The van der Waals surface area contributed by atoms with Crippen LogP contribution in [0.1, 0.15) is 35.6 Å². The molecule has 8 heteroatoms. The summed E-state index contributed by atoms with van der Waals surface area (Å²) in [6, 6.07) is 51.9. The quantitative estimate of drug-likeness (QED) is 0.108. The summed E-state index contributed by atoms with van der Waals surface area (Å²) in [5.41, 5.74) is 6.39. The van der Waals surface area contributed by atoms with E-state index in [1.165, 1.54) is 0 Å². The Balaban J connectivity index is 1.33. The SMILES string of the molecule is CCCN(Cc1ccc(-c2ccccc2-c2nnnn2C(c2ccccc2)(c2ccccc2)c2ccccc2)cc1)c1cccn(C)[n+]1=O. The van der Waals surface area contributed by atoms with E-state index in [9.17, 15) is 4.91 Å². The van der Waals surface area contributed by atoms with Crippen LogP contribution >= 0.6 is 0 Å². The highest BCUT2D eigenvalue weighted by atomic mass is 16.3. The van der Waals surface area contributed by atoms with Crippen LogP contribution < -0.4 is 9.44 Å². The summed E-state index contributed by atoms with van der Waals surface area (Å²) in [5.74, 6) is 1.29. The fourth-order valence-electron chi connectivity index (χ4n) is 6.74. The maximum Gasteiger partial charge on any atom is 0.344 e. The van der Waals surface area contributed by atoms with Gasteiger partial charge in [0, 0.05) is 17.8 Å². The van der Waals surface area contributed by atoms with Crippen LogP contribution in [-0.2, 0) is 19.1 Å². The molecule has 0 aliphatic rings. The summed E-state index contributed by atoms with van der Waals surface area (Å²) in [6.45, 7) is 3.51. The summed E-state index contributed by atoms with van der Waals surface area (Å²) >= 11 is 0. The monoisotopic (exact) mass is 644 g/mol. The second-order valence-corrected chi connectivity index (χ2v) is 12.1. The third-order valence-electron chi connectivity index (χ3n) is 9.02. The fourth-order valence-corrected chi connectivity index (χ4v) is 6.74. The molecule has 2 heterocycles. The van der Waals surface area contributed by atoms with E-state index in [1.54, 1.807) is 17.9 Å². The molecule has 0 bridgehead atoms. The zero-order chi connectivity index (χ0) is 33.6. The Labute approximate surface area is 286 Å². The molecule has 8 nitrogen and oxygen atoms in total. The largest absolute Gasteiger partial charge is 0.344 e. The topological polar surface area (TPSA) is 74.7 Å². The lowest BCUT2D eigenvalue weighted by Crippen LogP contribution is -2.39. The first-order valence-corrected chi connectivity index (χ1v) is 16.6. The molecular formula is C41H38N7O+. The normalized spacial score (nSPS) is 11.4. The van der Waals surface area contributed by atoms with Gasteiger partial charge in [-0.1, -0.05) is 146 Å². The number of anilines is 1. The van der Waals surface area contributed by atoms with Crippen LogP contribution in [0, 0.1) is 4.91 Å². The molecule has 0 saturated carbocycles. The predicted molar refractivity (Wildman–Crippen MR) is 193 cm³/mol. The number of hydrogen-bond acceptors (Lipinski definition) is 5. The van der Waals surface area contributed by atoms with Crippen molar-refractivity contribution in [1.29, 1.82) is 0 Å². The average Bonchev–Trinajstić information content (AvgIpc) is 3.65. The Morgan fingerprint density at radius 1 is 0.673 bits per heavy atom. The van der Waals surface area contributed by atoms with Crippen LogP contribution in [0.4, 0.5) is 5.82 Å². The van der Waals surface area contributed by atoms with Gasteiger partial charge in [0.15, 0.2) is 5.82 Å². The van der Waals surface area contributed by atoms with E-state index in [2.05, 4.69) is 126 Å². The highest BCUT2D eigenvalue weighted by Crippen LogP contribution is 2.43. The summed E-state index contributed by atoms with van der Waals surface area (Å²) in [4.78, 5) is 15.0. The number of benzene rings is 5. The zero-order valence-corrected chi connectivity index (χ0v) is 27.7. The van der Waals surface area contributed by atoms with Crippen LogP contribution in [0.5, 0.6) is 0 Å². The molecule has 2 aromatic heterocycles. The second kappa shape index (κ2) is 13.9. The molecule has 0 radical (unpaired) electrons. The number of hydrogen-bond donors (Lipinski definition) is 0. The van der Waals surface area contributed by atoms with Crippen molar-refractivity contribution in [2.45, 2.75) is 25.4 Å². The van der Waals surface area contributed by atoms with Gasteiger partial charge in [-0.3, -0.25) is 4.90 Å². The van der Waals surface area contributed by atoms with Crippen molar-refractivity contribution in [1.82, 2.24) is 24.9 Å². The van der Waals surface area contributed by atoms with Crippen molar-refractivity contribution in [3.8, 4) is 22.5 Å². The highest BCUT2D eigenvalue weighted by molar-refractivity contribution is 5.81. The Morgan fingerprint density at radius 3 is 1.80 bits per heavy atom. The van der Waals surface area contributed by atoms with Crippen molar-refractivity contribution in [3.05, 3.63) is 185 Å². The summed E-state index contributed by atoms with van der Waals surface area (Å²) < 4.78 is 4.46. The van der Waals surface area contributed by atoms with Gasteiger partial charge in [0.2, 0.25) is 0 Å². The van der Waals surface area contributed by atoms with Gasteiger partial charge in [-0.25, -0.2) is 4.68 Å². The maximum absolute atomic E-state index is 12.9. The number of aryl methyl sites for hydroxylation is 1. The van der Waals surface area contributed by atoms with Crippen LogP contribution in [-0.4, -0.2) is 31.4 Å². The van der Waals surface area contributed by atoms with Gasteiger partial charge in [0.25, 0.3) is 0 Å². The van der Waals surface area contributed by atoms with Crippen LogP contribution in [0.15, 0.2) is 158 Å². The van der Waals surface area contributed by atoms with E-state index < -0.39 is 5.54 Å². The molecular weight excluding hydrogens is 606 g/mol. The molecule has 0 saturated heterocycles. The molecule has 0 fully saturated rings. The number of aromatic nitrogens is 6. The minimum Gasteiger partial charge on any atom is -0.253 e. The van der Waals surface area contributed by atoms with E-state index >= 15 is 0 Å². The lowest BCUT2D eigenvalue weighted by Gasteiger charge is -2.36. The molecule has 0 spiro atoms. The van der Waals surface area contributed by atoms with Gasteiger partial charge in [-0.15, -0.1) is 5.10 Å². The lowest BCUT2D eigenvalue weighted by molar-refractivity contribution is -0.583. The Hall–Kier alpha value is -6.15. The van der Waals surface area contributed by atoms with Gasteiger partial charge >= 0.3 is 5.82 Å². The molecule has 7 aromatic rings. The molecule has 0 aliphatic heterocycles. The van der Waals surface area contributed by atoms with Crippen molar-refractivity contribution in [2.24, 2.45) is 7.05 Å². The predicted octanol–water partition coefficient (Wildman–Crippen LogP) is 7.52. The second-order valence-electron chi connectivity index (χ2n) is 12.1. The van der Waals surface area contributed by atoms with Crippen molar-refractivity contribution >= 4 is 5.82 Å². The van der Waals surface area contributed by atoms with Gasteiger partial charge in [-0.2, -0.15) is 4.68 Å². The van der Waals surface area contributed by atoms with E-state index in [0.29, 0.717) is 18.2 Å². The van der Waals surface area contributed by atoms with Crippen molar-refractivity contribution < 1.29 is 4.54 Å². The Kier molecular flexibility index (Phi) is 8.93. The summed E-state index contributed by atoms with van der Waals surface area (Å²) in [7, 11) is 1.76. The van der Waals surface area contributed by atoms with Gasteiger partial charge in [0.05, 0.1) is 18.1 Å². The number of tetrazole rings is 1. The molecule has 0 N–H and O–H groups in total. The summed E-state index contributed by atoms with van der Waals surface area (Å²) in [5, 5.41) is 13.8. The van der Waals surface area contributed by atoms with Crippen LogP contribution in [0.3, 0.4) is 0 Å². The van der Waals surface area contributed by atoms with E-state index in [1.807, 2.05) is 47.1 Å². The zero-order valence-electron chi connectivity index (χ0n) is 27.7. The Bertz CT molecular complexity index is 2100. The molecule has 7 rings (SSSR count). The standard InChI is InChI=1S/C41H38N7O/c1-3-29-46(39-24-15-30-45(2)48(39)49)31-32-25-27-33(28-26-32)37-22-13-14-23-38(37)40-42-43-44-47(40)41(34-16-7-4-8-17-34,35-18-9-5-10-19-35)36-20-11-6-12-21-36/h4-28,30H,3,29,31H2,1-2H3/q+1. The lowest BCUT2D eigenvalue weighted by atomic mass is 9.77. The van der Waals surface area contributed by atoms with Gasteiger partial charge in [0.1, 0.15) is 12.1 Å². The van der Waals surface area contributed by atoms with Gasteiger partial charge in [-0.05, 0) is 61.2 Å². The van der Waals surface area contributed by atoms with Crippen molar-refractivity contribution in [3.63, 3.8) is 0 Å². The minimum atomic E-state index is -0.852. The average molecular weight is 645 g/mol. The van der Waals surface area contributed by atoms with Crippen LogP contribution in [0.2, 0.25) is 0 Å². The first-order valence-electron chi connectivity index (χ1n) is 16.6. The molecule has 242 valence electrons. The number of rotatable bonds is 11. The van der Waals surface area contributed by atoms with E-state index in [4.69, 9.17) is 10.3 Å². The van der Waals surface area contributed by atoms with E-state index in [-0.39, 0.29) is 0 Å². The smallest absolute Gasteiger partial charge is 0.253 e. The highest BCUT2D eigenvalue weighted by Gasteiger charge is 2.42. The number of nitrogens with zero attached hydrogens (tertiary/aromatic N) is 7. The third-order valence-corrected chi connectivity index (χ3v) is 9.02. The van der Waals surface area contributed by atoms with Crippen molar-refractivity contribution in [2.75, 3.05) is 11.4 Å². The van der Waals surface area contributed by atoms with Gasteiger partial charge < -0.3 is 0 Å². The molecule has 0 atom stereocenters. The molecule has 0 amide bonds. The minimum absolute atomic E-state index is 0.619. The maximum atomic E-state index is 12.9. The molecule has 49 heavy (non-hydrogen) atoms. The molecule has 5 aromatic carbocycles. The summed E-state index contributed by atoms with van der Waals surface area (Å²) in [6.07, 6.45) is 2.68. The first-order chi connectivity index (χ1) is 24.1. The molecule has 0 aliphatic carbocycles. The molecule has 0 unspecified atom stereocenters.